The predicted octanol–water partition coefficient (Wildman–Crippen LogP) is 3.48. The number of methoxy groups -OCH3 is 2. The number of hydrogen-bond acceptors (Lipinski definition) is 7. The van der Waals surface area contributed by atoms with E-state index in [-0.39, 0.29) is 28.0 Å². The van der Waals surface area contributed by atoms with Gasteiger partial charge in [-0.3, -0.25) is 14.2 Å². The number of thiazole rings is 1. The van der Waals surface area contributed by atoms with Crippen LogP contribution in [0.3, 0.4) is 0 Å². The summed E-state index contributed by atoms with van der Waals surface area (Å²) in [5.41, 5.74) is 1.95. The molecule has 0 unspecified atom stereocenters. The predicted molar refractivity (Wildman–Crippen MR) is 144 cm³/mol. The van der Waals surface area contributed by atoms with Crippen LogP contribution in [0.2, 0.25) is 5.02 Å². The van der Waals surface area contributed by atoms with Crippen LogP contribution in [0.15, 0.2) is 57.5 Å². The second kappa shape index (κ2) is 10.8. The van der Waals surface area contributed by atoms with Crippen molar-refractivity contribution in [2.24, 2.45) is 4.99 Å². The molecule has 0 aliphatic carbocycles. The van der Waals surface area contributed by atoms with Crippen LogP contribution in [0.25, 0.3) is 6.08 Å². The Kier molecular flexibility index (Phi) is 7.75. The molecular formula is C27H28ClN3O5S. The normalized spacial score (nSPS) is 15.3. The van der Waals surface area contributed by atoms with Gasteiger partial charge in [0.1, 0.15) is 11.8 Å². The molecule has 194 valence electrons. The molecule has 1 N–H and O–H groups in total. The number of phenolic OH excluding ortho intramolecular Hbond substituents is 1. The molecule has 0 fully saturated rings. The average molecular weight is 542 g/mol. The number of para-hydroxylation sites is 1. The monoisotopic (exact) mass is 541 g/mol. The number of benzene rings is 2. The molecule has 1 amide bonds. The van der Waals surface area contributed by atoms with Crippen LogP contribution in [0, 0.1) is 0 Å². The molecule has 8 nitrogen and oxygen atoms in total. The van der Waals surface area contributed by atoms with Crippen LogP contribution in [-0.2, 0) is 4.79 Å². The van der Waals surface area contributed by atoms with Gasteiger partial charge < -0.3 is 19.5 Å². The highest BCUT2D eigenvalue weighted by Crippen LogP contribution is 2.37. The highest BCUT2D eigenvalue weighted by Gasteiger charge is 2.35. The number of fused-ring (bicyclic) bond motifs is 1. The van der Waals surface area contributed by atoms with Crippen LogP contribution >= 0.6 is 22.9 Å². The lowest BCUT2D eigenvalue weighted by Gasteiger charge is -2.29. The SMILES string of the molecule is CCN(CC)C(=O)C1=C(C)N=c2s/c(=C/c3cc(Cl)c(O)c(OC)c3)c(=O)n2[C@H]1c1ccccc1OC. The molecule has 37 heavy (non-hydrogen) atoms. The number of hydrogen-bond donors (Lipinski definition) is 1. The Balaban J connectivity index is 2.00. The smallest absolute Gasteiger partial charge is 0.271 e. The van der Waals surface area contributed by atoms with Crippen molar-refractivity contribution in [1.29, 1.82) is 0 Å². The summed E-state index contributed by atoms with van der Waals surface area (Å²) in [6, 6.07) is 9.79. The highest BCUT2D eigenvalue weighted by molar-refractivity contribution is 7.07. The fourth-order valence-corrected chi connectivity index (χ4v) is 5.71. The molecule has 3 aromatic rings. The number of amides is 1. The Labute approximate surface area is 223 Å². The van der Waals surface area contributed by atoms with Gasteiger partial charge in [-0.15, -0.1) is 0 Å². The lowest BCUT2D eigenvalue weighted by molar-refractivity contribution is -0.127. The van der Waals surface area contributed by atoms with E-state index in [4.69, 9.17) is 21.1 Å². The van der Waals surface area contributed by atoms with Crippen molar-refractivity contribution in [2.75, 3.05) is 27.3 Å². The van der Waals surface area contributed by atoms with Crippen molar-refractivity contribution in [3.05, 3.63) is 83.5 Å². The number of allylic oxidation sites excluding steroid dienone is 1. The third-order valence-electron chi connectivity index (χ3n) is 6.30. The van der Waals surface area contributed by atoms with Crippen molar-refractivity contribution >= 4 is 34.9 Å². The second-order valence-corrected chi connectivity index (χ2v) is 9.77. The molecule has 2 aromatic carbocycles. The van der Waals surface area contributed by atoms with E-state index in [0.717, 1.165) is 0 Å². The summed E-state index contributed by atoms with van der Waals surface area (Å²) in [5.74, 6) is 0.415. The number of aromatic nitrogens is 1. The van der Waals surface area contributed by atoms with Gasteiger partial charge in [0.2, 0.25) is 0 Å². The van der Waals surface area contributed by atoms with Gasteiger partial charge in [0, 0.05) is 18.7 Å². The van der Waals surface area contributed by atoms with Crippen molar-refractivity contribution < 1.29 is 19.4 Å². The van der Waals surface area contributed by atoms with Crippen LogP contribution in [0.5, 0.6) is 17.2 Å². The van der Waals surface area contributed by atoms with Crippen LogP contribution < -0.4 is 24.4 Å². The molecular weight excluding hydrogens is 514 g/mol. The van der Waals surface area contributed by atoms with Gasteiger partial charge in [0.25, 0.3) is 11.5 Å². The summed E-state index contributed by atoms with van der Waals surface area (Å²) in [5, 5.41) is 10.2. The van der Waals surface area contributed by atoms with E-state index in [2.05, 4.69) is 4.99 Å². The van der Waals surface area contributed by atoms with Gasteiger partial charge in [-0.1, -0.05) is 41.1 Å². The number of aromatic hydroxyl groups is 1. The fraction of sp³-hybridized carbons (Fsp3) is 0.296. The maximum Gasteiger partial charge on any atom is 0.271 e. The third-order valence-corrected chi connectivity index (χ3v) is 7.58. The molecule has 1 aliphatic rings. The first-order valence-corrected chi connectivity index (χ1v) is 13.0. The molecule has 0 bridgehead atoms. The van der Waals surface area contributed by atoms with E-state index in [1.54, 1.807) is 41.7 Å². The van der Waals surface area contributed by atoms with Crippen molar-refractivity contribution in [1.82, 2.24) is 9.47 Å². The van der Waals surface area contributed by atoms with E-state index in [1.165, 1.54) is 18.4 Å². The van der Waals surface area contributed by atoms with E-state index < -0.39 is 6.04 Å². The zero-order valence-corrected chi connectivity index (χ0v) is 22.8. The molecule has 10 heteroatoms. The number of likely N-dealkylation sites (N-methyl/N-ethyl adjacent to an activating group) is 1. The summed E-state index contributed by atoms with van der Waals surface area (Å²) < 4.78 is 12.8. The molecule has 0 radical (unpaired) electrons. The standard InChI is InChI=1S/C27H28ClN3O5S/c1-6-30(7-2)26(34)22-15(3)29-27-31(23(22)17-10-8-9-11-19(17)35-4)25(33)21(37-27)14-16-12-18(28)24(32)20(13-16)36-5/h8-14,23,32H,6-7H2,1-5H3/b21-14+/t23-/m0/s1. The van der Waals surface area contributed by atoms with E-state index >= 15 is 0 Å². The number of carbonyl (C=O) groups excluding carboxylic acids is 1. The Morgan fingerprint density at radius 2 is 1.86 bits per heavy atom. The molecule has 0 spiro atoms. The second-order valence-electron chi connectivity index (χ2n) is 8.35. The summed E-state index contributed by atoms with van der Waals surface area (Å²) in [6.07, 6.45) is 1.67. The van der Waals surface area contributed by atoms with Gasteiger partial charge in [-0.25, -0.2) is 4.99 Å². The van der Waals surface area contributed by atoms with Crippen LogP contribution in [-0.4, -0.2) is 47.8 Å². The quantitative estimate of drug-likeness (QED) is 0.494. The highest BCUT2D eigenvalue weighted by atomic mass is 35.5. The minimum absolute atomic E-state index is 0.105. The molecule has 1 aliphatic heterocycles. The molecule has 4 rings (SSSR count). The van der Waals surface area contributed by atoms with Gasteiger partial charge in [0.05, 0.1) is 35.0 Å². The Morgan fingerprint density at radius 1 is 1.19 bits per heavy atom. The van der Waals surface area contributed by atoms with Gasteiger partial charge in [-0.2, -0.15) is 0 Å². The van der Waals surface area contributed by atoms with Gasteiger partial charge in [-0.05, 0) is 50.6 Å². The largest absolute Gasteiger partial charge is 0.503 e. The van der Waals surface area contributed by atoms with E-state index in [0.29, 0.717) is 50.6 Å². The van der Waals surface area contributed by atoms with Crippen LogP contribution in [0.4, 0.5) is 0 Å². The van der Waals surface area contributed by atoms with Crippen molar-refractivity contribution in [3.8, 4) is 17.2 Å². The summed E-state index contributed by atoms with van der Waals surface area (Å²) in [7, 11) is 2.99. The maximum absolute atomic E-state index is 13.9. The molecule has 0 saturated heterocycles. The first-order valence-electron chi connectivity index (χ1n) is 11.8. The Hall–Kier alpha value is -3.56. The Bertz CT molecular complexity index is 1570. The summed E-state index contributed by atoms with van der Waals surface area (Å²) in [6.45, 7) is 6.68. The van der Waals surface area contributed by atoms with E-state index in [9.17, 15) is 14.7 Å². The minimum atomic E-state index is -0.722. The zero-order chi connectivity index (χ0) is 26.9. The maximum atomic E-state index is 13.9. The lowest BCUT2D eigenvalue weighted by atomic mass is 9.94. The van der Waals surface area contributed by atoms with Crippen molar-refractivity contribution in [2.45, 2.75) is 26.8 Å². The number of phenols is 1. The van der Waals surface area contributed by atoms with E-state index in [1.807, 2.05) is 38.1 Å². The minimum Gasteiger partial charge on any atom is -0.503 e. The first-order chi connectivity index (χ1) is 17.7. The number of ether oxygens (including phenoxy) is 2. The topological polar surface area (TPSA) is 93.4 Å². The average Bonchev–Trinajstić information content (AvgIpc) is 3.19. The summed E-state index contributed by atoms with van der Waals surface area (Å²) >= 11 is 7.37. The van der Waals surface area contributed by atoms with Gasteiger partial charge in [0.15, 0.2) is 16.3 Å². The summed E-state index contributed by atoms with van der Waals surface area (Å²) in [4.78, 5) is 34.5. The third kappa shape index (κ3) is 4.76. The first kappa shape index (κ1) is 26.5. The molecule has 0 saturated carbocycles. The number of carbonyl (C=O) groups is 1. The molecule has 1 aromatic heterocycles. The Morgan fingerprint density at radius 3 is 2.51 bits per heavy atom. The molecule has 2 heterocycles. The lowest BCUT2D eigenvalue weighted by Crippen LogP contribution is -2.43. The number of halogens is 1. The fourth-order valence-electron chi connectivity index (χ4n) is 4.45. The number of rotatable bonds is 7. The molecule has 1 atom stereocenters. The zero-order valence-electron chi connectivity index (χ0n) is 21.2. The van der Waals surface area contributed by atoms with Crippen molar-refractivity contribution in [3.63, 3.8) is 0 Å². The van der Waals surface area contributed by atoms with Gasteiger partial charge >= 0.3 is 0 Å². The van der Waals surface area contributed by atoms with Crippen LogP contribution in [0.1, 0.15) is 37.9 Å². The number of nitrogens with zero attached hydrogens (tertiary/aromatic N) is 3.